The van der Waals surface area contributed by atoms with Gasteiger partial charge in [0.2, 0.25) is 5.91 Å². The Balaban J connectivity index is 2.33. The van der Waals surface area contributed by atoms with E-state index >= 15 is 0 Å². The Hall–Kier alpha value is -1.07. The fraction of sp³-hybridized carbons (Fsp3) is 0.600. The lowest BCUT2D eigenvalue weighted by molar-refractivity contribution is -0.123. The minimum absolute atomic E-state index is 0.288. The lowest BCUT2D eigenvalue weighted by atomic mass is 9.94. The molecule has 0 aliphatic heterocycles. The van der Waals surface area contributed by atoms with Gasteiger partial charge in [0.25, 0.3) is 0 Å². The molecule has 20 heavy (non-hydrogen) atoms. The highest BCUT2D eigenvalue weighted by Crippen LogP contribution is 2.20. The fourth-order valence-electron chi connectivity index (χ4n) is 2.01. The second-order valence-corrected chi connectivity index (χ2v) is 6.49. The van der Waals surface area contributed by atoms with Crippen LogP contribution < -0.4 is 11.1 Å². The van der Waals surface area contributed by atoms with Gasteiger partial charge in [0, 0.05) is 5.69 Å². The first-order valence-corrected chi connectivity index (χ1v) is 7.93. The summed E-state index contributed by atoms with van der Waals surface area (Å²) in [7, 11) is 1.78. The van der Waals surface area contributed by atoms with Crippen molar-refractivity contribution in [1.82, 2.24) is 10.3 Å². The van der Waals surface area contributed by atoms with Crippen LogP contribution in [0.15, 0.2) is 17.2 Å². The zero-order valence-corrected chi connectivity index (χ0v) is 13.6. The van der Waals surface area contributed by atoms with Gasteiger partial charge in [-0.3, -0.25) is 4.79 Å². The number of unbranched alkanes of at least 4 members (excludes halogenated alkanes) is 1. The molecule has 0 saturated heterocycles. The Kier molecular flexibility index (Phi) is 6.49. The summed E-state index contributed by atoms with van der Waals surface area (Å²) in [6.07, 6.45) is 2.78. The first kappa shape index (κ1) is 17.0. The van der Waals surface area contributed by atoms with Crippen molar-refractivity contribution in [3.05, 3.63) is 23.4 Å². The van der Waals surface area contributed by atoms with Crippen molar-refractivity contribution in [2.24, 2.45) is 5.73 Å². The van der Waals surface area contributed by atoms with Gasteiger partial charge in [0.15, 0.2) is 0 Å². The van der Waals surface area contributed by atoms with Crippen molar-refractivity contribution in [2.75, 3.05) is 12.8 Å². The number of hydrogen-bond donors (Lipinski definition) is 2. The van der Waals surface area contributed by atoms with E-state index in [-0.39, 0.29) is 5.91 Å². The number of nitrogens with two attached hydrogens (primary N) is 1. The predicted octanol–water partition coefficient (Wildman–Crippen LogP) is 2.42. The number of thioether (sulfide) groups is 1. The molecule has 1 rings (SSSR count). The van der Waals surface area contributed by atoms with Crippen molar-refractivity contribution in [3.8, 4) is 0 Å². The van der Waals surface area contributed by atoms with Crippen LogP contribution in [0, 0.1) is 13.8 Å². The lowest BCUT2D eigenvalue weighted by Gasteiger charge is -2.25. The minimum Gasteiger partial charge on any atom is -0.368 e. The molecule has 3 N–H and O–H groups in total. The molecule has 1 aromatic heterocycles. The molecule has 0 saturated carbocycles. The second kappa shape index (κ2) is 7.64. The SMILES string of the molecule is CNC(C)(CCCCSc1cc(C)cc(C)n1)C(N)=O. The Morgan fingerprint density at radius 1 is 1.40 bits per heavy atom. The highest BCUT2D eigenvalue weighted by molar-refractivity contribution is 7.99. The standard InChI is InChI=1S/C15H25N3OS/c1-11-9-12(2)18-13(10-11)20-8-6-5-7-15(3,17-4)14(16)19/h9-10,17H,5-8H2,1-4H3,(H2,16,19). The van der Waals surface area contributed by atoms with Gasteiger partial charge in [-0.25, -0.2) is 4.98 Å². The molecular formula is C15H25N3OS. The van der Waals surface area contributed by atoms with E-state index in [1.165, 1.54) is 5.56 Å². The number of rotatable bonds is 8. The number of nitrogens with one attached hydrogen (secondary N) is 1. The molecule has 1 atom stereocenters. The summed E-state index contributed by atoms with van der Waals surface area (Å²) in [6, 6.07) is 4.19. The zero-order valence-electron chi connectivity index (χ0n) is 12.8. The first-order valence-electron chi connectivity index (χ1n) is 6.94. The normalized spacial score (nSPS) is 14.0. The molecule has 0 aromatic carbocycles. The van der Waals surface area contributed by atoms with Gasteiger partial charge in [0.1, 0.15) is 0 Å². The Labute approximate surface area is 125 Å². The van der Waals surface area contributed by atoms with Crippen molar-refractivity contribution < 1.29 is 4.79 Å². The van der Waals surface area contributed by atoms with Crippen molar-refractivity contribution in [2.45, 2.75) is 50.6 Å². The number of likely N-dealkylation sites (N-methyl/N-ethyl adjacent to an activating group) is 1. The van der Waals surface area contributed by atoms with Crippen LogP contribution in [0.4, 0.5) is 0 Å². The van der Waals surface area contributed by atoms with E-state index in [9.17, 15) is 4.79 Å². The Bertz CT molecular complexity index is 444. The zero-order chi connectivity index (χ0) is 15.2. The number of nitrogens with zero attached hydrogens (tertiary/aromatic N) is 1. The number of aryl methyl sites for hydroxylation is 2. The average Bonchev–Trinajstić information content (AvgIpc) is 2.36. The number of hydrogen-bond acceptors (Lipinski definition) is 4. The Morgan fingerprint density at radius 3 is 2.65 bits per heavy atom. The smallest absolute Gasteiger partial charge is 0.237 e. The molecule has 1 aromatic rings. The highest BCUT2D eigenvalue weighted by Gasteiger charge is 2.27. The molecule has 0 spiro atoms. The van der Waals surface area contributed by atoms with Gasteiger partial charge in [-0.15, -0.1) is 11.8 Å². The van der Waals surface area contributed by atoms with Gasteiger partial charge < -0.3 is 11.1 Å². The molecule has 1 unspecified atom stereocenters. The molecule has 0 bridgehead atoms. The number of amides is 1. The summed E-state index contributed by atoms with van der Waals surface area (Å²) in [5, 5.41) is 4.09. The van der Waals surface area contributed by atoms with E-state index in [4.69, 9.17) is 5.73 Å². The lowest BCUT2D eigenvalue weighted by Crippen LogP contribution is -2.51. The van der Waals surface area contributed by atoms with E-state index in [1.807, 2.05) is 13.8 Å². The number of pyridine rings is 1. The van der Waals surface area contributed by atoms with E-state index < -0.39 is 5.54 Å². The molecular weight excluding hydrogens is 270 g/mol. The molecule has 0 fully saturated rings. The maximum absolute atomic E-state index is 11.4. The number of carbonyl (C=O) groups is 1. The van der Waals surface area contributed by atoms with Crippen LogP contribution in [0.25, 0.3) is 0 Å². The van der Waals surface area contributed by atoms with Gasteiger partial charge in [0.05, 0.1) is 10.6 Å². The highest BCUT2D eigenvalue weighted by atomic mass is 32.2. The van der Waals surface area contributed by atoms with E-state index in [0.717, 1.165) is 35.7 Å². The van der Waals surface area contributed by atoms with Crippen molar-refractivity contribution >= 4 is 17.7 Å². The second-order valence-electron chi connectivity index (χ2n) is 5.38. The fourth-order valence-corrected chi connectivity index (χ4v) is 3.04. The summed E-state index contributed by atoms with van der Waals surface area (Å²) in [5.41, 5.74) is 7.12. The van der Waals surface area contributed by atoms with Gasteiger partial charge in [-0.2, -0.15) is 0 Å². The first-order chi connectivity index (χ1) is 9.37. The predicted molar refractivity (Wildman–Crippen MR) is 84.9 cm³/mol. The molecule has 0 radical (unpaired) electrons. The molecule has 0 aliphatic rings. The molecule has 0 aliphatic carbocycles. The third-order valence-corrected chi connectivity index (χ3v) is 4.49. The van der Waals surface area contributed by atoms with Crippen LogP contribution in [0.5, 0.6) is 0 Å². The van der Waals surface area contributed by atoms with Crippen LogP contribution in [-0.4, -0.2) is 29.2 Å². The van der Waals surface area contributed by atoms with Crippen LogP contribution in [-0.2, 0) is 4.79 Å². The molecule has 4 nitrogen and oxygen atoms in total. The minimum atomic E-state index is -0.594. The monoisotopic (exact) mass is 295 g/mol. The summed E-state index contributed by atoms with van der Waals surface area (Å²) < 4.78 is 0. The van der Waals surface area contributed by atoms with Gasteiger partial charge in [-0.05, 0) is 64.1 Å². The van der Waals surface area contributed by atoms with Crippen LogP contribution in [0.1, 0.15) is 37.4 Å². The maximum atomic E-state index is 11.4. The molecule has 5 heteroatoms. The third-order valence-electron chi connectivity index (χ3n) is 3.49. The van der Waals surface area contributed by atoms with Crippen molar-refractivity contribution in [1.29, 1.82) is 0 Å². The van der Waals surface area contributed by atoms with Crippen LogP contribution >= 0.6 is 11.8 Å². The molecule has 1 amide bonds. The van der Waals surface area contributed by atoms with Gasteiger partial charge >= 0.3 is 0 Å². The summed E-state index contributed by atoms with van der Waals surface area (Å²) in [6.45, 7) is 5.96. The number of aromatic nitrogens is 1. The summed E-state index contributed by atoms with van der Waals surface area (Å²) in [4.78, 5) is 15.9. The van der Waals surface area contributed by atoms with Crippen LogP contribution in [0.3, 0.4) is 0 Å². The average molecular weight is 295 g/mol. The molecule has 112 valence electrons. The van der Waals surface area contributed by atoms with Gasteiger partial charge in [-0.1, -0.05) is 6.42 Å². The Morgan fingerprint density at radius 2 is 2.10 bits per heavy atom. The van der Waals surface area contributed by atoms with E-state index in [1.54, 1.807) is 18.8 Å². The van der Waals surface area contributed by atoms with E-state index in [2.05, 4.69) is 29.4 Å². The summed E-state index contributed by atoms with van der Waals surface area (Å²) in [5.74, 6) is 0.720. The van der Waals surface area contributed by atoms with E-state index in [0.29, 0.717) is 0 Å². The molecule has 1 heterocycles. The topological polar surface area (TPSA) is 68.0 Å². The maximum Gasteiger partial charge on any atom is 0.237 e. The van der Waals surface area contributed by atoms with Crippen molar-refractivity contribution in [3.63, 3.8) is 0 Å². The van der Waals surface area contributed by atoms with Crippen LogP contribution in [0.2, 0.25) is 0 Å². The quantitative estimate of drug-likeness (QED) is 0.571. The largest absolute Gasteiger partial charge is 0.368 e. The summed E-state index contributed by atoms with van der Waals surface area (Å²) >= 11 is 1.77. The number of carbonyl (C=O) groups excluding carboxylic acids is 1. The number of primary amides is 1. The third kappa shape index (κ3) is 5.13.